The van der Waals surface area contributed by atoms with Gasteiger partial charge in [-0.1, -0.05) is 62.4 Å². The highest BCUT2D eigenvalue weighted by Gasteiger charge is 2.10. The summed E-state index contributed by atoms with van der Waals surface area (Å²) in [5, 5.41) is 15.5. The third-order valence-corrected chi connectivity index (χ3v) is 4.75. The van der Waals surface area contributed by atoms with E-state index in [1.807, 2.05) is 53.9 Å². The molecule has 1 N–H and O–H groups in total. The van der Waals surface area contributed by atoms with Gasteiger partial charge in [0, 0.05) is 22.8 Å². The van der Waals surface area contributed by atoms with Crippen molar-refractivity contribution in [3.8, 4) is 17.3 Å². The van der Waals surface area contributed by atoms with Crippen molar-refractivity contribution in [3.05, 3.63) is 76.7 Å². The molecule has 4 heteroatoms. The largest absolute Gasteiger partial charge is 0.360 e. The highest BCUT2D eigenvalue weighted by Crippen LogP contribution is 2.27. The Bertz CT molecular complexity index is 918. The zero-order valence-electron chi connectivity index (χ0n) is 14.2. The van der Waals surface area contributed by atoms with Gasteiger partial charge in [-0.15, -0.1) is 11.3 Å². The lowest BCUT2D eigenvalue weighted by molar-refractivity contribution is 0.869. The van der Waals surface area contributed by atoms with E-state index in [2.05, 4.69) is 36.3 Å². The van der Waals surface area contributed by atoms with Crippen LogP contribution in [0, 0.1) is 11.3 Å². The Balaban J connectivity index is 1.85. The van der Waals surface area contributed by atoms with Crippen LogP contribution in [0.15, 0.2) is 66.2 Å². The maximum absolute atomic E-state index is 9.52. The molecule has 2 aromatic carbocycles. The highest BCUT2D eigenvalue weighted by molar-refractivity contribution is 7.11. The first-order chi connectivity index (χ1) is 12.2. The van der Waals surface area contributed by atoms with Gasteiger partial charge in [0.1, 0.15) is 16.6 Å². The van der Waals surface area contributed by atoms with Crippen LogP contribution in [-0.4, -0.2) is 4.98 Å². The fraction of sp³-hybridized carbons (Fsp3) is 0.143. The van der Waals surface area contributed by atoms with E-state index in [9.17, 15) is 5.26 Å². The van der Waals surface area contributed by atoms with E-state index in [1.165, 1.54) is 16.9 Å². The van der Waals surface area contributed by atoms with E-state index in [1.54, 1.807) is 6.20 Å². The molecule has 0 aliphatic heterocycles. The van der Waals surface area contributed by atoms with Gasteiger partial charge in [-0.3, -0.25) is 0 Å². The zero-order valence-corrected chi connectivity index (χ0v) is 15.0. The summed E-state index contributed by atoms with van der Waals surface area (Å²) in [5.74, 6) is 0.409. The Hall–Kier alpha value is -2.90. The maximum Gasteiger partial charge on any atom is 0.136 e. The Morgan fingerprint density at radius 3 is 2.56 bits per heavy atom. The van der Waals surface area contributed by atoms with Gasteiger partial charge in [0.05, 0.1) is 5.69 Å². The molecule has 1 heterocycles. The van der Waals surface area contributed by atoms with Crippen molar-refractivity contribution in [2.24, 2.45) is 0 Å². The van der Waals surface area contributed by atoms with Crippen LogP contribution in [-0.2, 0) is 0 Å². The molecule has 25 heavy (non-hydrogen) atoms. The molecule has 1 aromatic heterocycles. The van der Waals surface area contributed by atoms with Gasteiger partial charge in [-0.05, 0) is 17.5 Å². The quantitative estimate of drug-likeness (QED) is 0.585. The first-order valence-electron chi connectivity index (χ1n) is 8.16. The molecule has 3 nitrogen and oxygen atoms in total. The van der Waals surface area contributed by atoms with Gasteiger partial charge in [-0.2, -0.15) is 5.26 Å². The molecule has 124 valence electrons. The molecule has 0 bridgehead atoms. The van der Waals surface area contributed by atoms with E-state index < -0.39 is 0 Å². The molecule has 3 aromatic rings. The summed E-state index contributed by atoms with van der Waals surface area (Å²) < 4.78 is 0. The number of allylic oxidation sites excluding steroid dienone is 1. The number of rotatable bonds is 5. The van der Waals surface area contributed by atoms with E-state index in [0.717, 1.165) is 22.0 Å². The van der Waals surface area contributed by atoms with Gasteiger partial charge < -0.3 is 5.32 Å². The van der Waals surface area contributed by atoms with Crippen LogP contribution in [0.25, 0.3) is 16.8 Å². The fourth-order valence-electron chi connectivity index (χ4n) is 2.56. The predicted molar refractivity (Wildman–Crippen MR) is 105 cm³/mol. The number of thiazole rings is 1. The number of nitriles is 1. The van der Waals surface area contributed by atoms with E-state index >= 15 is 0 Å². The lowest BCUT2D eigenvalue weighted by atomic mass is 10.0. The lowest BCUT2D eigenvalue weighted by Gasteiger charge is -2.12. The van der Waals surface area contributed by atoms with Crippen molar-refractivity contribution < 1.29 is 0 Å². The molecule has 0 saturated carbocycles. The number of aromatic nitrogens is 1. The summed E-state index contributed by atoms with van der Waals surface area (Å²) in [6.07, 6.45) is 1.74. The lowest BCUT2D eigenvalue weighted by Crippen LogP contribution is -1.97. The van der Waals surface area contributed by atoms with Gasteiger partial charge in [0.2, 0.25) is 0 Å². The van der Waals surface area contributed by atoms with Crippen molar-refractivity contribution in [1.29, 1.82) is 5.26 Å². The molecule has 0 unspecified atom stereocenters. The van der Waals surface area contributed by atoms with Crippen molar-refractivity contribution >= 4 is 22.6 Å². The van der Waals surface area contributed by atoms with Crippen molar-refractivity contribution in [3.63, 3.8) is 0 Å². The van der Waals surface area contributed by atoms with Crippen molar-refractivity contribution in [2.75, 3.05) is 5.32 Å². The van der Waals surface area contributed by atoms with Crippen LogP contribution < -0.4 is 5.32 Å². The average Bonchev–Trinajstić information content (AvgIpc) is 3.13. The molecule has 0 radical (unpaired) electrons. The summed E-state index contributed by atoms with van der Waals surface area (Å²) in [6.45, 7) is 4.31. The van der Waals surface area contributed by atoms with E-state index in [0.29, 0.717) is 11.5 Å². The summed E-state index contributed by atoms with van der Waals surface area (Å²) in [5.41, 5.74) is 4.72. The standard InChI is InChI=1S/C21H19N3S/c1-15(2)18-10-6-7-11-19(18)23-13-17(12-22)21-24-20(14-25-21)16-8-4-3-5-9-16/h3-11,13-15,23H,1-2H3. The minimum Gasteiger partial charge on any atom is -0.360 e. The number of nitrogens with zero attached hydrogens (tertiary/aromatic N) is 2. The SMILES string of the molecule is CC(C)c1ccccc1NC=C(C#N)c1nc(-c2ccccc2)cs1. The Labute approximate surface area is 152 Å². The number of hydrogen-bond acceptors (Lipinski definition) is 4. The highest BCUT2D eigenvalue weighted by atomic mass is 32.1. The number of anilines is 1. The molecular weight excluding hydrogens is 326 g/mol. The van der Waals surface area contributed by atoms with Gasteiger partial charge in [0.25, 0.3) is 0 Å². The monoisotopic (exact) mass is 345 g/mol. The Kier molecular flexibility index (Phi) is 5.27. The number of benzene rings is 2. The molecule has 0 fully saturated rings. The second-order valence-corrected chi connectivity index (χ2v) is 6.82. The van der Waals surface area contributed by atoms with Crippen LogP contribution in [0.3, 0.4) is 0 Å². The fourth-order valence-corrected chi connectivity index (χ4v) is 3.36. The average molecular weight is 345 g/mol. The molecule has 0 spiro atoms. The van der Waals surface area contributed by atoms with Crippen molar-refractivity contribution in [2.45, 2.75) is 19.8 Å². The molecule has 0 amide bonds. The van der Waals surface area contributed by atoms with Crippen LogP contribution in [0.4, 0.5) is 5.69 Å². The molecule has 0 aliphatic carbocycles. The second kappa shape index (κ2) is 7.78. The summed E-state index contributed by atoms with van der Waals surface area (Å²) in [7, 11) is 0. The molecule has 3 rings (SSSR count). The predicted octanol–water partition coefficient (Wildman–Crippen LogP) is 5.91. The van der Waals surface area contributed by atoms with Crippen LogP contribution >= 0.6 is 11.3 Å². The number of hydrogen-bond donors (Lipinski definition) is 1. The van der Waals surface area contributed by atoms with Gasteiger partial charge >= 0.3 is 0 Å². The van der Waals surface area contributed by atoms with Crippen molar-refractivity contribution in [1.82, 2.24) is 4.98 Å². The first-order valence-corrected chi connectivity index (χ1v) is 9.04. The smallest absolute Gasteiger partial charge is 0.136 e. The molecular formula is C21H19N3S. The topological polar surface area (TPSA) is 48.7 Å². The maximum atomic E-state index is 9.52. The number of nitrogens with one attached hydrogen (secondary N) is 1. The summed E-state index contributed by atoms with van der Waals surface area (Å²) in [6, 6.07) is 20.4. The summed E-state index contributed by atoms with van der Waals surface area (Å²) >= 11 is 1.48. The Morgan fingerprint density at radius 1 is 1.12 bits per heavy atom. The van der Waals surface area contributed by atoms with Crippen LogP contribution in [0.1, 0.15) is 30.3 Å². The van der Waals surface area contributed by atoms with Gasteiger partial charge in [-0.25, -0.2) is 4.98 Å². The normalized spacial score (nSPS) is 11.4. The molecule has 0 aliphatic rings. The summed E-state index contributed by atoms with van der Waals surface area (Å²) in [4.78, 5) is 4.61. The first kappa shape index (κ1) is 16.9. The minimum absolute atomic E-state index is 0.409. The minimum atomic E-state index is 0.409. The van der Waals surface area contributed by atoms with E-state index in [4.69, 9.17) is 0 Å². The van der Waals surface area contributed by atoms with Crippen LogP contribution in [0.2, 0.25) is 0 Å². The van der Waals surface area contributed by atoms with E-state index in [-0.39, 0.29) is 0 Å². The molecule has 0 saturated heterocycles. The third-order valence-electron chi connectivity index (χ3n) is 3.88. The number of para-hydroxylation sites is 1. The zero-order chi connectivity index (χ0) is 17.6. The third kappa shape index (κ3) is 3.96. The van der Waals surface area contributed by atoms with Crippen LogP contribution in [0.5, 0.6) is 0 Å². The second-order valence-electron chi connectivity index (χ2n) is 5.96. The van der Waals surface area contributed by atoms with Gasteiger partial charge in [0.15, 0.2) is 0 Å². The molecule has 0 atom stereocenters. The Morgan fingerprint density at radius 2 is 1.84 bits per heavy atom.